The number of halogens is 1. The number of fused-ring (bicyclic) bond motifs is 2. The minimum absolute atomic E-state index is 0.245. The summed E-state index contributed by atoms with van der Waals surface area (Å²) in [6.45, 7) is 0. The number of hydrogen-bond donors (Lipinski definition) is 1. The third-order valence-electron chi connectivity index (χ3n) is 3.40. The molecule has 1 atom stereocenters. The van der Waals surface area contributed by atoms with Gasteiger partial charge in [0.05, 0.1) is 5.52 Å². The Balaban J connectivity index is 1.69. The van der Waals surface area contributed by atoms with Gasteiger partial charge in [0.15, 0.2) is 11.2 Å². The number of aromatic nitrogens is 4. The molecule has 4 rings (SSSR count). The second-order valence-electron chi connectivity index (χ2n) is 5.12. The molecule has 1 unspecified atom stereocenters. The van der Waals surface area contributed by atoms with Crippen molar-refractivity contribution in [2.24, 2.45) is 0 Å². The number of nitrogens with one attached hydrogen (secondary N) is 1. The normalized spacial score (nSPS) is 13.0. The Bertz CT molecular complexity index is 1060. The van der Waals surface area contributed by atoms with Gasteiger partial charge in [-0.25, -0.2) is 19.2 Å². The zero-order chi connectivity index (χ0) is 16.0. The van der Waals surface area contributed by atoms with Gasteiger partial charge in [0.25, 0.3) is 5.22 Å². The molecule has 23 heavy (non-hydrogen) atoms. The molecule has 0 fully saturated rings. The molecule has 4 aromatic rings. The summed E-state index contributed by atoms with van der Waals surface area (Å²) in [6, 6.07) is 7.67. The van der Waals surface area contributed by atoms with Gasteiger partial charge in [-0.2, -0.15) is 0 Å². The molecule has 0 saturated heterocycles. The van der Waals surface area contributed by atoms with Gasteiger partial charge in [-0.05, 0) is 39.7 Å². The number of nitrogens with zero attached hydrogens (tertiary/aromatic N) is 3. The zero-order valence-electron chi connectivity index (χ0n) is 12.0. The highest BCUT2D eigenvalue weighted by molar-refractivity contribution is 9.10. The lowest BCUT2D eigenvalue weighted by atomic mass is 10.1. The second kappa shape index (κ2) is 5.54. The SMILES string of the molecule is CS(=O)c1nc2ccc(Cc3nc4ncc(Br)cc4[nH]3)cc2o1. The molecule has 6 nitrogen and oxygen atoms in total. The maximum Gasteiger partial charge on any atom is 0.287 e. The molecule has 8 heteroatoms. The monoisotopic (exact) mass is 390 g/mol. The lowest BCUT2D eigenvalue weighted by Crippen LogP contribution is -1.90. The maximum absolute atomic E-state index is 11.4. The molecule has 0 bridgehead atoms. The van der Waals surface area contributed by atoms with Gasteiger partial charge < -0.3 is 9.40 Å². The Hall–Kier alpha value is -2.06. The Labute approximate surface area is 141 Å². The van der Waals surface area contributed by atoms with E-state index in [2.05, 4.69) is 35.9 Å². The summed E-state index contributed by atoms with van der Waals surface area (Å²) in [6.07, 6.45) is 3.89. The van der Waals surface area contributed by atoms with E-state index in [0.717, 1.165) is 21.4 Å². The van der Waals surface area contributed by atoms with Crippen LogP contribution in [0.1, 0.15) is 11.4 Å². The molecular formula is C15H11BrN4O2S. The van der Waals surface area contributed by atoms with Crippen molar-refractivity contribution < 1.29 is 8.63 Å². The van der Waals surface area contributed by atoms with Crippen LogP contribution in [0.4, 0.5) is 0 Å². The Morgan fingerprint density at radius 3 is 3.00 bits per heavy atom. The van der Waals surface area contributed by atoms with Crippen molar-refractivity contribution in [2.75, 3.05) is 6.26 Å². The molecule has 1 aromatic carbocycles. The van der Waals surface area contributed by atoms with Crippen LogP contribution in [0.2, 0.25) is 0 Å². The Kier molecular flexibility index (Phi) is 3.50. The minimum Gasteiger partial charge on any atom is -0.430 e. The number of aromatic amines is 1. The summed E-state index contributed by atoms with van der Waals surface area (Å²) in [7, 11) is -1.23. The zero-order valence-corrected chi connectivity index (χ0v) is 14.4. The van der Waals surface area contributed by atoms with E-state index in [0.29, 0.717) is 23.2 Å². The quantitative estimate of drug-likeness (QED) is 0.580. The third-order valence-corrected chi connectivity index (χ3v) is 4.50. The van der Waals surface area contributed by atoms with E-state index in [9.17, 15) is 4.21 Å². The first-order chi connectivity index (χ1) is 11.1. The number of oxazole rings is 1. The number of benzene rings is 1. The van der Waals surface area contributed by atoms with Crippen molar-refractivity contribution in [2.45, 2.75) is 11.6 Å². The van der Waals surface area contributed by atoms with Crippen LogP contribution < -0.4 is 0 Å². The first kappa shape index (κ1) is 14.5. The molecule has 1 N–H and O–H groups in total. The van der Waals surface area contributed by atoms with Crippen molar-refractivity contribution in [3.8, 4) is 0 Å². The summed E-state index contributed by atoms with van der Waals surface area (Å²) in [5.74, 6) is 0.823. The molecule has 0 saturated carbocycles. The minimum atomic E-state index is -1.23. The van der Waals surface area contributed by atoms with E-state index in [4.69, 9.17) is 4.42 Å². The summed E-state index contributed by atoms with van der Waals surface area (Å²) >= 11 is 3.40. The van der Waals surface area contributed by atoms with Gasteiger partial charge in [0, 0.05) is 23.3 Å². The van der Waals surface area contributed by atoms with Crippen LogP contribution in [0.15, 0.2) is 44.6 Å². The highest BCUT2D eigenvalue weighted by atomic mass is 79.9. The van der Waals surface area contributed by atoms with Crippen molar-refractivity contribution in [1.29, 1.82) is 0 Å². The van der Waals surface area contributed by atoms with Gasteiger partial charge in [-0.15, -0.1) is 0 Å². The van der Waals surface area contributed by atoms with Crippen LogP contribution in [-0.2, 0) is 17.2 Å². The second-order valence-corrected chi connectivity index (χ2v) is 7.29. The van der Waals surface area contributed by atoms with Gasteiger partial charge in [0.2, 0.25) is 0 Å². The number of H-pyrrole nitrogens is 1. The van der Waals surface area contributed by atoms with Crippen LogP contribution in [0, 0.1) is 0 Å². The van der Waals surface area contributed by atoms with E-state index in [1.165, 1.54) is 0 Å². The first-order valence-electron chi connectivity index (χ1n) is 6.81. The van der Waals surface area contributed by atoms with Crippen molar-refractivity contribution in [3.63, 3.8) is 0 Å². The molecule has 3 heterocycles. The molecule has 0 spiro atoms. The smallest absolute Gasteiger partial charge is 0.287 e. The van der Waals surface area contributed by atoms with Crippen molar-refractivity contribution >= 4 is 49.0 Å². The van der Waals surface area contributed by atoms with Crippen LogP contribution in [-0.4, -0.2) is 30.4 Å². The average Bonchev–Trinajstić information content (AvgIpc) is 3.09. The van der Waals surface area contributed by atoms with E-state index in [-0.39, 0.29) is 5.22 Å². The van der Waals surface area contributed by atoms with Crippen LogP contribution in [0.3, 0.4) is 0 Å². The molecule has 0 aliphatic carbocycles. The van der Waals surface area contributed by atoms with Crippen LogP contribution in [0.5, 0.6) is 0 Å². The van der Waals surface area contributed by atoms with Crippen molar-refractivity contribution in [3.05, 3.63) is 46.3 Å². The summed E-state index contributed by atoms with van der Waals surface area (Å²) in [5, 5.41) is 0.245. The summed E-state index contributed by atoms with van der Waals surface area (Å²) in [4.78, 5) is 16.2. The highest BCUT2D eigenvalue weighted by Gasteiger charge is 2.11. The highest BCUT2D eigenvalue weighted by Crippen LogP contribution is 2.21. The number of hydrogen-bond acceptors (Lipinski definition) is 5. The van der Waals surface area contributed by atoms with Crippen LogP contribution >= 0.6 is 15.9 Å². The molecular weight excluding hydrogens is 380 g/mol. The van der Waals surface area contributed by atoms with Gasteiger partial charge in [-0.1, -0.05) is 6.07 Å². The van der Waals surface area contributed by atoms with E-state index in [1.807, 2.05) is 24.3 Å². The summed E-state index contributed by atoms with van der Waals surface area (Å²) < 4.78 is 17.9. The number of rotatable bonds is 3. The Morgan fingerprint density at radius 2 is 2.17 bits per heavy atom. The number of pyridine rings is 1. The molecule has 0 aliphatic rings. The topological polar surface area (TPSA) is 84.7 Å². The first-order valence-corrected chi connectivity index (χ1v) is 9.16. The third kappa shape index (κ3) is 2.79. The molecule has 0 radical (unpaired) electrons. The van der Waals surface area contributed by atoms with Gasteiger partial charge >= 0.3 is 0 Å². The molecule has 0 aliphatic heterocycles. The van der Waals surface area contributed by atoms with E-state index in [1.54, 1.807) is 12.5 Å². The van der Waals surface area contributed by atoms with E-state index >= 15 is 0 Å². The lowest BCUT2D eigenvalue weighted by molar-refractivity contribution is 0.479. The number of imidazole rings is 1. The van der Waals surface area contributed by atoms with E-state index < -0.39 is 10.8 Å². The van der Waals surface area contributed by atoms with Crippen molar-refractivity contribution in [1.82, 2.24) is 19.9 Å². The average molecular weight is 391 g/mol. The Morgan fingerprint density at radius 1 is 1.30 bits per heavy atom. The van der Waals surface area contributed by atoms with Gasteiger partial charge in [0.1, 0.15) is 22.1 Å². The fourth-order valence-electron chi connectivity index (χ4n) is 2.38. The molecule has 0 amide bonds. The maximum atomic E-state index is 11.4. The lowest BCUT2D eigenvalue weighted by Gasteiger charge is -1.97. The molecule has 3 aromatic heterocycles. The fourth-order valence-corrected chi connectivity index (χ4v) is 3.15. The van der Waals surface area contributed by atoms with Gasteiger partial charge in [-0.3, -0.25) is 0 Å². The molecule has 116 valence electrons. The largest absolute Gasteiger partial charge is 0.430 e. The standard InChI is InChI=1S/C15H11BrN4O2S/c1-23(21)15-19-10-3-2-8(4-12(10)22-15)5-13-18-11-6-9(16)7-17-14(11)20-13/h2-4,6-7H,5H2,1H3,(H,17,18,20). The predicted molar refractivity (Wildman–Crippen MR) is 90.7 cm³/mol. The predicted octanol–water partition coefficient (Wildman–Crippen LogP) is 3.19. The van der Waals surface area contributed by atoms with Crippen LogP contribution in [0.25, 0.3) is 22.3 Å². The summed E-state index contributed by atoms with van der Waals surface area (Å²) in [5.41, 5.74) is 3.94. The fraction of sp³-hybridized carbons (Fsp3) is 0.133.